The van der Waals surface area contributed by atoms with E-state index in [0.29, 0.717) is 23.3 Å². The van der Waals surface area contributed by atoms with Crippen LogP contribution in [0.3, 0.4) is 0 Å². The van der Waals surface area contributed by atoms with Crippen molar-refractivity contribution in [3.05, 3.63) is 11.9 Å². The SMILES string of the molecule is COc1cnn(C(C)C)c1C(=O)C1C2C3CCC(C3)C12. The predicted octanol–water partition coefficient (Wildman–Crippen LogP) is 2.95. The number of rotatable bonds is 4. The Hall–Kier alpha value is -1.32. The third-order valence-corrected chi connectivity index (χ3v) is 5.74. The highest BCUT2D eigenvalue weighted by atomic mass is 16.5. The van der Waals surface area contributed by atoms with Crippen molar-refractivity contribution < 1.29 is 9.53 Å². The molecule has 3 aliphatic rings. The van der Waals surface area contributed by atoms with E-state index in [2.05, 4.69) is 18.9 Å². The van der Waals surface area contributed by atoms with Crippen LogP contribution in [0.2, 0.25) is 0 Å². The second-order valence-electron chi connectivity index (χ2n) is 6.98. The maximum Gasteiger partial charge on any atom is 0.188 e. The number of carbonyl (C=O) groups is 1. The lowest BCUT2D eigenvalue weighted by molar-refractivity contribution is 0.0928. The van der Waals surface area contributed by atoms with E-state index in [1.165, 1.54) is 19.3 Å². The second-order valence-corrected chi connectivity index (χ2v) is 6.98. The molecule has 0 spiro atoms. The number of ether oxygens (including phenoxy) is 1. The molecule has 3 aliphatic carbocycles. The quantitative estimate of drug-likeness (QED) is 0.793. The Bertz CT molecular complexity index is 547. The summed E-state index contributed by atoms with van der Waals surface area (Å²) in [5.74, 6) is 4.15. The van der Waals surface area contributed by atoms with Gasteiger partial charge in [0.05, 0.1) is 13.3 Å². The van der Waals surface area contributed by atoms with Crippen LogP contribution in [0.1, 0.15) is 49.6 Å². The first-order valence-corrected chi connectivity index (χ1v) is 7.79. The summed E-state index contributed by atoms with van der Waals surface area (Å²) in [7, 11) is 1.62. The first kappa shape index (κ1) is 12.4. The van der Waals surface area contributed by atoms with Gasteiger partial charge in [-0.3, -0.25) is 9.48 Å². The maximum absolute atomic E-state index is 13.0. The van der Waals surface area contributed by atoms with Crippen LogP contribution in [0.5, 0.6) is 5.75 Å². The highest BCUT2D eigenvalue weighted by molar-refractivity contribution is 6.01. The number of aromatic nitrogens is 2. The summed E-state index contributed by atoms with van der Waals surface area (Å²) in [6.45, 7) is 4.11. The number of hydrogen-bond donors (Lipinski definition) is 0. The molecule has 108 valence electrons. The third kappa shape index (κ3) is 1.48. The molecular weight excluding hydrogens is 252 g/mol. The van der Waals surface area contributed by atoms with Crippen molar-refractivity contribution >= 4 is 5.78 Å². The molecule has 3 fully saturated rings. The minimum atomic E-state index is 0.188. The predicted molar refractivity (Wildman–Crippen MR) is 74.8 cm³/mol. The summed E-state index contributed by atoms with van der Waals surface area (Å²) in [5.41, 5.74) is 0.696. The van der Waals surface area contributed by atoms with Crippen molar-refractivity contribution in [3.8, 4) is 5.75 Å². The minimum absolute atomic E-state index is 0.188. The van der Waals surface area contributed by atoms with Crippen molar-refractivity contribution in [1.29, 1.82) is 0 Å². The number of hydrogen-bond acceptors (Lipinski definition) is 3. The van der Waals surface area contributed by atoms with E-state index in [1.54, 1.807) is 13.3 Å². The van der Waals surface area contributed by atoms with Gasteiger partial charge in [-0.25, -0.2) is 0 Å². The van der Waals surface area contributed by atoms with Gasteiger partial charge in [0, 0.05) is 12.0 Å². The van der Waals surface area contributed by atoms with Crippen LogP contribution in [-0.2, 0) is 0 Å². The molecule has 4 nitrogen and oxygen atoms in total. The van der Waals surface area contributed by atoms with Gasteiger partial charge in [0.25, 0.3) is 0 Å². The van der Waals surface area contributed by atoms with Crippen molar-refractivity contribution in [2.45, 2.75) is 39.2 Å². The summed E-state index contributed by atoms with van der Waals surface area (Å²) in [4.78, 5) is 13.0. The molecule has 1 aromatic heterocycles. The van der Waals surface area contributed by atoms with E-state index >= 15 is 0 Å². The average molecular weight is 274 g/mol. The molecule has 0 aliphatic heterocycles. The van der Waals surface area contributed by atoms with Crippen molar-refractivity contribution in [1.82, 2.24) is 9.78 Å². The van der Waals surface area contributed by atoms with Crippen molar-refractivity contribution in [3.63, 3.8) is 0 Å². The van der Waals surface area contributed by atoms with E-state index in [4.69, 9.17) is 4.74 Å². The average Bonchev–Trinajstić information content (AvgIpc) is 2.82. The van der Waals surface area contributed by atoms with E-state index in [9.17, 15) is 4.79 Å². The molecule has 2 bridgehead atoms. The molecule has 1 heterocycles. The molecule has 0 saturated heterocycles. The molecule has 0 N–H and O–H groups in total. The van der Waals surface area contributed by atoms with E-state index in [1.807, 2.05) is 4.68 Å². The number of Topliss-reactive ketones (excluding diaryl/α,β-unsaturated/α-hetero) is 1. The van der Waals surface area contributed by atoms with E-state index in [-0.39, 0.29) is 17.7 Å². The van der Waals surface area contributed by atoms with Crippen molar-refractivity contribution in [2.75, 3.05) is 7.11 Å². The fourth-order valence-corrected chi connectivity index (χ4v) is 4.96. The third-order valence-electron chi connectivity index (χ3n) is 5.74. The van der Waals surface area contributed by atoms with Crippen LogP contribution in [0.15, 0.2) is 6.20 Å². The minimum Gasteiger partial charge on any atom is -0.493 e. The van der Waals surface area contributed by atoms with Crippen LogP contribution < -0.4 is 4.74 Å². The van der Waals surface area contributed by atoms with Gasteiger partial charge in [0.1, 0.15) is 5.69 Å². The molecule has 1 aromatic rings. The van der Waals surface area contributed by atoms with Gasteiger partial charge >= 0.3 is 0 Å². The lowest BCUT2D eigenvalue weighted by Gasteiger charge is -2.13. The van der Waals surface area contributed by atoms with E-state index in [0.717, 1.165) is 11.8 Å². The van der Waals surface area contributed by atoms with Gasteiger partial charge in [0.2, 0.25) is 0 Å². The van der Waals surface area contributed by atoms with Crippen LogP contribution in [-0.4, -0.2) is 22.7 Å². The molecule has 3 saturated carbocycles. The Morgan fingerprint density at radius 3 is 2.55 bits per heavy atom. The first-order chi connectivity index (χ1) is 9.63. The number of carbonyl (C=O) groups excluding carboxylic acids is 1. The van der Waals surface area contributed by atoms with Gasteiger partial charge in [-0.2, -0.15) is 5.10 Å². The zero-order valence-corrected chi connectivity index (χ0v) is 12.4. The zero-order valence-electron chi connectivity index (χ0n) is 12.4. The van der Waals surface area contributed by atoms with Crippen LogP contribution in [0.4, 0.5) is 0 Å². The number of fused-ring (bicyclic) bond motifs is 5. The van der Waals surface area contributed by atoms with Crippen LogP contribution >= 0.6 is 0 Å². The molecule has 4 rings (SSSR count). The monoisotopic (exact) mass is 274 g/mol. The maximum atomic E-state index is 13.0. The lowest BCUT2D eigenvalue weighted by atomic mass is 9.98. The van der Waals surface area contributed by atoms with Gasteiger partial charge < -0.3 is 4.74 Å². The lowest BCUT2D eigenvalue weighted by Crippen LogP contribution is -2.18. The molecule has 0 aromatic carbocycles. The van der Waals surface area contributed by atoms with Crippen LogP contribution in [0, 0.1) is 29.6 Å². The fraction of sp³-hybridized carbons (Fsp3) is 0.750. The van der Waals surface area contributed by atoms with Gasteiger partial charge in [0.15, 0.2) is 11.5 Å². The van der Waals surface area contributed by atoms with Crippen LogP contribution in [0.25, 0.3) is 0 Å². The van der Waals surface area contributed by atoms with Crippen molar-refractivity contribution in [2.24, 2.45) is 29.6 Å². The summed E-state index contributed by atoms with van der Waals surface area (Å²) in [5, 5.41) is 4.34. The molecule has 0 amide bonds. The summed E-state index contributed by atoms with van der Waals surface area (Å²) < 4.78 is 7.19. The number of nitrogens with zero attached hydrogens (tertiary/aromatic N) is 2. The van der Waals surface area contributed by atoms with Gasteiger partial charge in [-0.05, 0) is 56.8 Å². The summed E-state index contributed by atoms with van der Waals surface area (Å²) in [6.07, 6.45) is 5.74. The zero-order chi connectivity index (χ0) is 14.0. The topological polar surface area (TPSA) is 44.1 Å². The summed E-state index contributed by atoms with van der Waals surface area (Å²) >= 11 is 0. The second kappa shape index (κ2) is 4.09. The van der Waals surface area contributed by atoms with E-state index < -0.39 is 0 Å². The van der Waals surface area contributed by atoms with Gasteiger partial charge in [-0.15, -0.1) is 0 Å². The molecule has 4 unspecified atom stereocenters. The highest BCUT2D eigenvalue weighted by Crippen LogP contribution is 2.70. The number of ketones is 1. The normalized spacial score (nSPS) is 37.3. The molecule has 4 atom stereocenters. The Kier molecular flexibility index (Phi) is 2.54. The Labute approximate surface area is 119 Å². The Morgan fingerprint density at radius 1 is 1.35 bits per heavy atom. The summed E-state index contributed by atoms with van der Waals surface area (Å²) in [6, 6.07) is 0.188. The largest absolute Gasteiger partial charge is 0.493 e. The molecule has 4 heteroatoms. The first-order valence-electron chi connectivity index (χ1n) is 7.79. The van der Waals surface area contributed by atoms with Gasteiger partial charge in [-0.1, -0.05) is 0 Å². The Balaban J connectivity index is 1.65. The standard InChI is InChI=1S/C16H22N2O2/c1-8(2)18-15(11(20-3)7-17-18)16(19)14-12-9-4-5-10(6-9)13(12)14/h7-10,12-14H,4-6H2,1-3H3. The molecular formula is C16H22N2O2. The fourth-order valence-electron chi connectivity index (χ4n) is 4.96. The smallest absolute Gasteiger partial charge is 0.188 e. The molecule has 20 heavy (non-hydrogen) atoms. The molecule has 0 radical (unpaired) electrons. The Morgan fingerprint density at radius 2 is 2.00 bits per heavy atom. The number of methoxy groups -OCH3 is 1. The highest BCUT2D eigenvalue weighted by Gasteiger charge is 2.67.